The molecule has 1 spiro atoms. The van der Waals surface area contributed by atoms with Gasteiger partial charge in [0.15, 0.2) is 28.6 Å². The monoisotopic (exact) mass is 411 g/mol. The Morgan fingerprint density at radius 3 is 2.79 bits per heavy atom. The van der Waals surface area contributed by atoms with Crippen molar-refractivity contribution in [1.29, 1.82) is 0 Å². The first-order valence-electron chi connectivity index (χ1n) is 9.04. The third-order valence-electron chi connectivity index (χ3n) is 6.25. The minimum Gasteiger partial charge on any atom is -0.493 e. The minimum absolute atomic E-state index is 0.000534. The van der Waals surface area contributed by atoms with Gasteiger partial charge in [-0.2, -0.15) is 0 Å². The number of hydrogen-bond acceptors (Lipinski definition) is 6. The lowest BCUT2D eigenvalue weighted by Gasteiger charge is -2.37. The standard InChI is InChI=1S/C20H17N3O5S/c1-22-13-8-4-3-7-12(13)20(18(22)24)16-11-6-5-9-14(27-2)15(11)28-10-19(16,23(25)26)17(29)21-20/h3-9,16H,10H2,1-2H3,(H,21,29)/t16-,19-,20+/m1/s1. The number of anilines is 1. The van der Waals surface area contributed by atoms with Crippen molar-refractivity contribution in [3.05, 3.63) is 63.7 Å². The Morgan fingerprint density at radius 1 is 1.31 bits per heavy atom. The van der Waals surface area contributed by atoms with Crippen LogP contribution in [-0.4, -0.2) is 42.1 Å². The summed E-state index contributed by atoms with van der Waals surface area (Å²) in [7, 11) is 3.17. The number of benzene rings is 2. The van der Waals surface area contributed by atoms with Crippen LogP contribution < -0.4 is 19.7 Å². The highest BCUT2D eigenvalue weighted by atomic mass is 32.1. The number of hydrogen-bond donors (Lipinski definition) is 1. The fraction of sp³-hybridized carbons (Fsp3) is 0.300. The number of nitrogens with zero attached hydrogens (tertiary/aromatic N) is 2. The maximum absolute atomic E-state index is 13.6. The van der Waals surface area contributed by atoms with Gasteiger partial charge in [0.2, 0.25) is 0 Å². The van der Waals surface area contributed by atoms with Crippen LogP contribution in [0.3, 0.4) is 0 Å². The molecule has 0 bridgehead atoms. The van der Waals surface area contributed by atoms with Crippen molar-refractivity contribution in [1.82, 2.24) is 5.32 Å². The van der Waals surface area contributed by atoms with Crippen molar-refractivity contribution in [2.45, 2.75) is 17.0 Å². The second kappa shape index (κ2) is 5.66. The van der Waals surface area contributed by atoms with E-state index in [0.29, 0.717) is 28.3 Å². The molecule has 0 aliphatic carbocycles. The van der Waals surface area contributed by atoms with Crippen LogP contribution in [-0.2, 0) is 10.3 Å². The van der Waals surface area contributed by atoms with E-state index in [1.54, 1.807) is 25.2 Å². The highest BCUT2D eigenvalue weighted by Gasteiger charge is 2.76. The quantitative estimate of drug-likeness (QED) is 0.459. The summed E-state index contributed by atoms with van der Waals surface area (Å²) in [5.74, 6) is -0.317. The topological polar surface area (TPSA) is 93.9 Å². The van der Waals surface area contributed by atoms with Gasteiger partial charge in [-0.25, -0.2) is 0 Å². The average molecular weight is 411 g/mol. The summed E-state index contributed by atoms with van der Waals surface area (Å²) < 4.78 is 11.2. The Labute approximate surface area is 171 Å². The number of methoxy groups -OCH3 is 1. The van der Waals surface area contributed by atoms with Crippen molar-refractivity contribution >= 4 is 28.8 Å². The van der Waals surface area contributed by atoms with Gasteiger partial charge in [0.25, 0.3) is 5.91 Å². The van der Waals surface area contributed by atoms with Crippen LogP contribution in [0, 0.1) is 10.1 Å². The zero-order valence-corrected chi connectivity index (χ0v) is 16.5. The maximum atomic E-state index is 13.6. The van der Waals surface area contributed by atoms with E-state index >= 15 is 0 Å². The smallest absolute Gasteiger partial charge is 0.314 e. The first-order valence-corrected chi connectivity index (χ1v) is 9.45. The molecule has 3 aliphatic heterocycles. The van der Waals surface area contributed by atoms with E-state index in [1.165, 1.54) is 12.0 Å². The van der Waals surface area contributed by atoms with Crippen LogP contribution in [0.1, 0.15) is 17.0 Å². The predicted octanol–water partition coefficient (Wildman–Crippen LogP) is 1.99. The van der Waals surface area contributed by atoms with Crippen LogP contribution in [0.2, 0.25) is 0 Å². The number of nitro groups is 1. The highest BCUT2D eigenvalue weighted by molar-refractivity contribution is 7.80. The van der Waals surface area contributed by atoms with Crippen molar-refractivity contribution in [3.63, 3.8) is 0 Å². The molecule has 3 heterocycles. The summed E-state index contributed by atoms with van der Waals surface area (Å²) in [5, 5.41) is 15.5. The number of fused-ring (bicyclic) bond motifs is 6. The van der Waals surface area contributed by atoms with Crippen LogP contribution in [0.4, 0.5) is 5.69 Å². The van der Waals surface area contributed by atoms with Gasteiger partial charge in [0.1, 0.15) is 5.92 Å². The van der Waals surface area contributed by atoms with Crippen LogP contribution in [0.15, 0.2) is 42.5 Å². The Bertz CT molecular complexity index is 1110. The third kappa shape index (κ3) is 1.88. The van der Waals surface area contributed by atoms with Gasteiger partial charge in [0, 0.05) is 28.8 Å². The van der Waals surface area contributed by atoms with Crippen LogP contribution in [0.25, 0.3) is 0 Å². The molecule has 2 aromatic rings. The summed E-state index contributed by atoms with van der Waals surface area (Å²) in [5.41, 5.74) is -1.26. The molecule has 148 valence electrons. The molecule has 1 saturated heterocycles. The number of ether oxygens (including phenoxy) is 2. The van der Waals surface area contributed by atoms with E-state index in [2.05, 4.69) is 5.32 Å². The summed E-state index contributed by atoms with van der Waals surface area (Å²) in [4.78, 5) is 27.1. The van der Waals surface area contributed by atoms with Gasteiger partial charge in [-0.1, -0.05) is 42.5 Å². The Morgan fingerprint density at radius 2 is 2.07 bits per heavy atom. The normalized spacial score (nSPS) is 29.0. The number of likely N-dealkylation sites (N-methyl/N-ethyl adjacent to an activating group) is 1. The SMILES string of the molecule is COc1cccc2c1OC[C@]1([N+](=O)[O-])C(=S)N[C@]3(C(=O)N(C)c4ccccc43)[C@H]21. The summed E-state index contributed by atoms with van der Waals surface area (Å²) in [6.45, 7) is -0.287. The van der Waals surface area contributed by atoms with E-state index in [9.17, 15) is 14.9 Å². The maximum Gasteiger partial charge on any atom is 0.314 e. The largest absolute Gasteiger partial charge is 0.493 e. The number of thiocarbonyl (C=S) groups is 1. The van der Waals surface area contributed by atoms with Crippen molar-refractivity contribution in [2.75, 3.05) is 25.7 Å². The molecule has 1 N–H and O–H groups in total. The first kappa shape index (κ1) is 17.9. The molecule has 3 atom stereocenters. The van der Waals surface area contributed by atoms with Crippen molar-refractivity contribution in [2.24, 2.45) is 0 Å². The molecule has 9 heteroatoms. The minimum atomic E-state index is -1.76. The Hall–Kier alpha value is -3.20. The third-order valence-corrected chi connectivity index (χ3v) is 6.70. The zero-order valence-electron chi connectivity index (χ0n) is 15.7. The number of amides is 1. The van der Waals surface area contributed by atoms with E-state index < -0.39 is 21.9 Å². The van der Waals surface area contributed by atoms with E-state index in [1.807, 2.05) is 24.3 Å². The Balaban J connectivity index is 1.87. The lowest BCUT2D eigenvalue weighted by atomic mass is 9.68. The van der Waals surface area contributed by atoms with Gasteiger partial charge >= 0.3 is 5.54 Å². The van der Waals surface area contributed by atoms with E-state index in [-0.39, 0.29) is 17.5 Å². The second-order valence-corrected chi connectivity index (χ2v) is 7.83. The number of carbonyl (C=O) groups excluding carboxylic acids is 1. The second-order valence-electron chi connectivity index (χ2n) is 7.43. The molecule has 5 rings (SSSR count). The molecule has 8 nitrogen and oxygen atoms in total. The molecule has 29 heavy (non-hydrogen) atoms. The van der Waals surface area contributed by atoms with Gasteiger partial charge in [-0.05, 0) is 12.1 Å². The van der Waals surface area contributed by atoms with Gasteiger partial charge < -0.3 is 19.7 Å². The van der Waals surface area contributed by atoms with Crippen molar-refractivity contribution in [3.8, 4) is 11.5 Å². The molecular formula is C20H17N3O5S. The molecule has 3 aliphatic rings. The molecule has 0 saturated carbocycles. The van der Waals surface area contributed by atoms with Gasteiger partial charge in [-0.3, -0.25) is 14.9 Å². The van der Waals surface area contributed by atoms with Crippen LogP contribution in [0.5, 0.6) is 11.5 Å². The predicted molar refractivity (Wildman–Crippen MR) is 108 cm³/mol. The first-order chi connectivity index (χ1) is 13.9. The van der Waals surface area contributed by atoms with E-state index in [0.717, 1.165) is 0 Å². The van der Waals surface area contributed by atoms with Gasteiger partial charge in [-0.15, -0.1) is 0 Å². The molecular weight excluding hydrogens is 394 g/mol. The fourth-order valence-corrected chi connectivity index (χ4v) is 5.39. The lowest BCUT2D eigenvalue weighted by molar-refractivity contribution is -0.554. The molecule has 0 aromatic heterocycles. The summed E-state index contributed by atoms with van der Waals surface area (Å²) in [6, 6.07) is 12.5. The van der Waals surface area contributed by atoms with Crippen LogP contribution >= 0.6 is 12.2 Å². The molecule has 1 fully saturated rings. The number of para-hydroxylation sites is 2. The zero-order chi connectivity index (χ0) is 20.6. The van der Waals surface area contributed by atoms with E-state index in [4.69, 9.17) is 21.7 Å². The summed E-state index contributed by atoms with van der Waals surface area (Å²) in [6.07, 6.45) is 0. The molecule has 0 unspecified atom stereocenters. The molecule has 1 amide bonds. The number of rotatable bonds is 2. The summed E-state index contributed by atoms with van der Waals surface area (Å²) >= 11 is 5.49. The molecule has 0 radical (unpaired) electrons. The Kier molecular flexibility index (Phi) is 3.49. The lowest BCUT2D eigenvalue weighted by Crippen LogP contribution is -2.57. The molecule has 2 aromatic carbocycles. The fourth-order valence-electron chi connectivity index (χ4n) is 4.98. The number of carbonyl (C=O) groups is 1. The van der Waals surface area contributed by atoms with Crippen molar-refractivity contribution < 1.29 is 19.2 Å². The highest BCUT2D eigenvalue weighted by Crippen LogP contribution is 2.60. The van der Waals surface area contributed by atoms with Gasteiger partial charge in [0.05, 0.1) is 7.11 Å². The average Bonchev–Trinajstić information content (AvgIpc) is 3.13. The number of nitrogens with one attached hydrogen (secondary N) is 1.